The Balaban J connectivity index is 0.665. The Morgan fingerprint density at radius 2 is 0.548 bits per heavy atom. The molecule has 4 aliphatic carbocycles. The van der Waals surface area contributed by atoms with E-state index >= 15 is 0 Å². The van der Waals surface area contributed by atoms with Crippen LogP contribution < -0.4 is 9.80 Å². The highest BCUT2D eigenvalue weighted by Gasteiger charge is 2.54. The summed E-state index contributed by atoms with van der Waals surface area (Å²) in [6, 6.07) is 146. The van der Waals surface area contributed by atoms with Crippen molar-refractivity contribution < 1.29 is 0 Å². The Morgan fingerprint density at radius 3 is 1.12 bits per heavy atom. The Bertz CT molecular complexity index is 6530. The fourth-order valence-electron chi connectivity index (χ4n) is 19.1. The highest BCUT2D eigenvalue weighted by molar-refractivity contribution is 6.10. The Hall–Kier alpha value is -13.4. The van der Waals surface area contributed by atoms with E-state index in [1.807, 2.05) is 0 Å². The molecule has 0 saturated heterocycles. The van der Waals surface area contributed by atoms with Crippen molar-refractivity contribution in [2.24, 2.45) is 0 Å². The molecule has 2 nitrogen and oxygen atoms in total. The molecule has 4 aliphatic rings. The Labute approximate surface area is 604 Å². The van der Waals surface area contributed by atoms with E-state index in [1.165, 1.54) is 149 Å². The van der Waals surface area contributed by atoms with Crippen LogP contribution in [-0.4, -0.2) is 0 Å². The number of fused-ring (bicyclic) bond motifs is 26. The predicted molar refractivity (Wildman–Crippen MR) is 435 cm³/mol. The first-order valence-electron chi connectivity index (χ1n) is 36.3. The average molecular weight is 1320 g/mol. The summed E-state index contributed by atoms with van der Waals surface area (Å²) >= 11 is 0. The molecular formula is C102H64N2. The van der Waals surface area contributed by atoms with Crippen molar-refractivity contribution in [1.82, 2.24) is 0 Å². The molecule has 104 heavy (non-hydrogen) atoms. The van der Waals surface area contributed by atoms with Gasteiger partial charge in [-0.05, 0) is 263 Å². The quantitative estimate of drug-likeness (QED) is 0.142. The summed E-state index contributed by atoms with van der Waals surface area (Å²) in [5, 5.41) is 9.87. The van der Waals surface area contributed by atoms with Gasteiger partial charge in [-0.2, -0.15) is 0 Å². The van der Waals surface area contributed by atoms with Crippen molar-refractivity contribution in [2.75, 3.05) is 9.80 Å². The van der Waals surface area contributed by atoms with Gasteiger partial charge in [-0.25, -0.2) is 0 Å². The summed E-state index contributed by atoms with van der Waals surface area (Å²) in [6.07, 6.45) is 0. The second-order valence-electron chi connectivity index (χ2n) is 28.5. The van der Waals surface area contributed by atoms with Gasteiger partial charge < -0.3 is 9.80 Å². The molecule has 0 amide bonds. The number of para-hydroxylation sites is 3. The van der Waals surface area contributed by atoms with Crippen molar-refractivity contribution in [3.05, 3.63) is 433 Å². The van der Waals surface area contributed by atoms with E-state index in [2.05, 4.69) is 398 Å². The molecule has 22 rings (SSSR count). The van der Waals surface area contributed by atoms with E-state index in [0.29, 0.717) is 0 Å². The first-order chi connectivity index (χ1) is 51.6. The molecule has 2 spiro atoms. The lowest BCUT2D eigenvalue weighted by Gasteiger charge is -2.32. The van der Waals surface area contributed by atoms with E-state index in [0.717, 1.165) is 50.8 Å². The molecule has 0 aromatic heterocycles. The van der Waals surface area contributed by atoms with Crippen molar-refractivity contribution in [3.8, 4) is 77.9 Å². The molecule has 0 bridgehead atoms. The number of benzene rings is 18. The summed E-state index contributed by atoms with van der Waals surface area (Å²) in [6.45, 7) is 0. The van der Waals surface area contributed by atoms with Gasteiger partial charge in [0.25, 0.3) is 0 Å². The van der Waals surface area contributed by atoms with Gasteiger partial charge in [0, 0.05) is 34.0 Å². The van der Waals surface area contributed by atoms with E-state index in [4.69, 9.17) is 0 Å². The van der Waals surface area contributed by atoms with Crippen LogP contribution in [0.4, 0.5) is 34.1 Å². The van der Waals surface area contributed by atoms with Gasteiger partial charge in [-0.15, -0.1) is 0 Å². The molecule has 482 valence electrons. The molecule has 0 N–H and O–H groups in total. The van der Waals surface area contributed by atoms with Crippen LogP contribution >= 0.6 is 0 Å². The van der Waals surface area contributed by atoms with E-state index < -0.39 is 10.8 Å². The maximum absolute atomic E-state index is 2.55. The predicted octanol–water partition coefficient (Wildman–Crippen LogP) is 26.9. The summed E-state index contributed by atoms with van der Waals surface area (Å²) in [4.78, 5) is 4.87. The van der Waals surface area contributed by atoms with Crippen LogP contribution in [0.1, 0.15) is 44.5 Å². The number of nitrogens with zero attached hydrogens (tertiary/aromatic N) is 2. The lowest BCUT2D eigenvalue weighted by molar-refractivity contribution is 0.802. The van der Waals surface area contributed by atoms with Gasteiger partial charge in [0.1, 0.15) is 0 Å². The molecule has 2 heteroatoms. The molecule has 0 saturated carbocycles. The second-order valence-corrected chi connectivity index (χ2v) is 28.5. The smallest absolute Gasteiger partial charge is 0.0731 e. The maximum Gasteiger partial charge on any atom is 0.0731 e. The number of anilines is 6. The number of hydrogen-bond acceptors (Lipinski definition) is 2. The molecule has 0 fully saturated rings. The third kappa shape index (κ3) is 8.34. The van der Waals surface area contributed by atoms with Crippen molar-refractivity contribution in [2.45, 2.75) is 10.8 Å². The zero-order valence-corrected chi connectivity index (χ0v) is 56.8. The largest absolute Gasteiger partial charge is 0.310 e. The minimum atomic E-state index is -0.580. The van der Waals surface area contributed by atoms with Crippen LogP contribution in [0.25, 0.3) is 121 Å². The lowest BCUT2D eigenvalue weighted by atomic mass is 9.69. The van der Waals surface area contributed by atoms with E-state index in [9.17, 15) is 0 Å². The van der Waals surface area contributed by atoms with Crippen LogP contribution in [0.3, 0.4) is 0 Å². The van der Waals surface area contributed by atoms with E-state index in [1.54, 1.807) is 0 Å². The van der Waals surface area contributed by atoms with Crippen LogP contribution in [0.5, 0.6) is 0 Å². The second kappa shape index (κ2) is 22.6. The first-order valence-corrected chi connectivity index (χ1v) is 36.3. The monoisotopic (exact) mass is 1320 g/mol. The van der Waals surface area contributed by atoms with Gasteiger partial charge >= 0.3 is 0 Å². The average Bonchev–Trinajstić information content (AvgIpc) is 1.51. The maximum atomic E-state index is 2.55. The minimum absolute atomic E-state index is 0.500. The number of hydrogen-bond donors (Lipinski definition) is 0. The molecule has 0 atom stereocenters. The van der Waals surface area contributed by atoms with Gasteiger partial charge in [0.2, 0.25) is 0 Å². The molecule has 0 heterocycles. The normalized spacial score (nSPS) is 13.3. The number of rotatable bonds is 9. The molecule has 0 radical (unpaired) electrons. The zero-order chi connectivity index (χ0) is 68.2. The van der Waals surface area contributed by atoms with Crippen molar-refractivity contribution in [1.29, 1.82) is 0 Å². The molecule has 18 aromatic rings. The minimum Gasteiger partial charge on any atom is -0.310 e. The Morgan fingerprint density at radius 1 is 0.163 bits per heavy atom. The topological polar surface area (TPSA) is 6.48 Å². The van der Waals surface area contributed by atoms with Crippen LogP contribution in [0, 0.1) is 0 Å². The van der Waals surface area contributed by atoms with Crippen LogP contribution in [0.2, 0.25) is 0 Å². The summed E-state index contributed by atoms with van der Waals surface area (Å²) < 4.78 is 0. The fourth-order valence-corrected chi connectivity index (χ4v) is 19.1. The van der Waals surface area contributed by atoms with Gasteiger partial charge in [-0.1, -0.05) is 285 Å². The third-order valence-corrected chi connectivity index (χ3v) is 23.3. The van der Waals surface area contributed by atoms with Gasteiger partial charge in [-0.3, -0.25) is 0 Å². The van der Waals surface area contributed by atoms with Gasteiger partial charge in [0.15, 0.2) is 0 Å². The third-order valence-electron chi connectivity index (χ3n) is 23.3. The van der Waals surface area contributed by atoms with Crippen molar-refractivity contribution in [3.63, 3.8) is 0 Å². The zero-order valence-electron chi connectivity index (χ0n) is 56.8. The van der Waals surface area contributed by atoms with Crippen LogP contribution in [0.15, 0.2) is 388 Å². The summed E-state index contributed by atoms with van der Waals surface area (Å²) in [5.41, 5.74) is 33.7. The standard InChI is InChI=1S/C102H64N2/c1-4-24-65(25-5-1)67-29-23-35-78(58-67)103(76-31-6-2-7-32-76)79-50-54-82-73(59-79)48-52-89-91-62-71-47-46-70(57-75(71)64-97(91)102(100(82)89)94-43-19-14-39-86(94)87-40-15-20-44-95(87)102)66-28-22-30-72(56-66)81-36-16-21-45-98(81)104(77-33-8-3-9-34-77)80-51-55-83-74(60-80)49-53-88-90-61-68-26-10-11-27-69(68)63-96(90)101(99(83)88)92-41-17-12-37-84(92)85-38-13-18-42-93(85)101/h1-64H. The summed E-state index contributed by atoms with van der Waals surface area (Å²) in [5.74, 6) is 0. The molecular weight excluding hydrogens is 1250 g/mol. The molecule has 18 aromatic carbocycles. The lowest BCUT2D eigenvalue weighted by Crippen LogP contribution is -2.26. The Kier molecular flexibility index (Phi) is 12.7. The highest BCUT2D eigenvalue weighted by atomic mass is 15.1. The van der Waals surface area contributed by atoms with E-state index in [-0.39, 0.29) is 0 Å². The first kappa shape index (κ1) is 58.4. The summed E-state index contributed by atoms with van der Waals surface area (Å²) in [7, 11) is 0. The molecule has 0 unspecified atom stereocenters. The SMILES string of the molecule is c1ccc(-c2cccc(N(c3ccccc3)c3ccc4c5c(ccc4c3)-c3cc4ccc(-c6cccc(-c7ccccc7N(c7ccccc7)c7ccc8c9c(ccc8c7)-c7cc8ccccc8cc7C97c8ccccc8-c8ccccc87)c6)cc4cc3C53c4ccccc4-c4ccccc43)c2)cc1. The fraction of sp³-hybridized carbons (Fsp3) is 0.0196. The van der Waals surface area contributed by atoms with Crippen molar-refractivity contribution >= 4 is 77.2 Å². The van der Waals surface area contributed by atoms with Gasteiger partial charge in [0.05, 0.1) is 16.5 Å². The molecule has 0 aliphatic heterocycles. The highest BCUT2D eigenvalue weighted by Crippen LogP contribution is 2.67. The van der Waals surface area contributed by atoms with Crippen LogP contribution in [-0.2, 0) is 10.8 Å².